The molecule has 1 amide bonds. The first kappa shape index (κ1) is 18.8. The number of carbonyl (C=O) groups is 3. The Balaban J connectivity index is 2.02. The minimum atomic E-state index is -1.23. The number of fused-ring (bicyclic) bond motifs is 3. The van der Waals surface area contributed by atoms with Gasteiger partial charge in [0.05, 0.1) is 24.1 Å². The van der Waals surface area contributed by atoms with Crippen LogP contribution >= 0.6 is 11.6 Å². The van der Waals surface area contributed by atoms with Gasteiger partial charge in [-0.25, -0.2) is 9.59 Å². The van der Waals surface area contributed by atoms with Gasteiger partial charge in [-0.3, -0.25) is 9.69 Å². The Morgan fingerprint density at radius 1 is 1.14 bits per heavy atom. The maximum absolute atomic E-state index is 13.0. The van der Waals surface area contributed by atoms with Crippen molar-refractivity contribution in [3.05, 3.63) is 82.2 Å². The zero-order valence-corrected chi connectivity index (χ0v) is 15.9. The minimum Gasteiger partial charge on any atom is -0.477 e. The zero-order valence-electron chi connectivity index (χ0n) is 15.2. The summed E-state index contributed by atoms with van der Waals surface area (Å²) in [5.41, 5.74) is 1.35. The fourth-order valence-electron chi connectivity index (χ4n) is 3.57. The maximum Gasteiger partial charge on any atom is 0.352 e. The molecule has 2 aromatic rings. The number of halogens is 1. The Morgan fingerprint density at radius 2 is 1.83 bits per heavy atom. The molecule has 4 rings (SSSR count). The molecule has 29 heavy (non-hydrogen) atoms. The summed E-state index contributed by atoms with van der Waals surface area (Å²) in [6, 6.07) is 13.4. The largest absolute Gasteiger partial charge is 0.477 e. The summed E-state index contributed by atoms with van der Waals surface area (Å²) < 4.78 is 4.94. The van der Waals surface area contributed by atoms with Crippen LogP contribution in [0.3, 0.4) is 0 Å². The van der Waals surface area contributed by atoms with Gasteiger partial charge >= 0.3 is 11.9 Å². The first-order valence-corrected chi connectivity index (χ1v) is 9.03. The highest BCUT2D eigenvalue weighted by molar-refractivity contribution is 6.30. The van der Waals surface area contributed by atoms with Crippen molar-refractivity contribution in [2.24, 2.45) is 0 Å². The second-order valence-electron chi connectivity index (χ2n) is 6.45. The number of ether oxygens (including phenoxy) is 1. The van der Waals surface area contributed by atoms with Crippen molar-refractivity contribution in [2.75, 3.05) is 17.3 Å². The molecule has 0 saturated carbocycles. The molecule has 8 heteroatoms. The van der Waals surface area contributed by atoms with Crippen LogP contribution in [0, 0.1) is 0 Å². The second-order valence-corrected chi connectivity index (χ2v) is 6.88. The van der Waals surface area contributed by atoms with Gasteiger partial charge in [0.1, 0.15) is 11.4 Å². The van der Waals surface area contributed by atoms with Crippen molar-refractivity contribution >= 4 is 40.8 Å². The van der Waals surface area contributed by atoms with E-state index in [-0.39, 0.29) is 17.0 Å². The summed E-state index contributed by atoms with van der Waals surface area (Å²) >= 11 is 5.96. The third-order valence-electron chi connectivity index (χ3n) is 4.82. The van der Waals surface area contributed by atoms with Crippen LogP contribution in [-0.4, -0.2) is 30.1 Å². The van der Waals surface area contributed by atoms with Crippen molar-refractivity contribution < 1.29 is 24.2 Å². The van der Waals surface area contributed by atoms with Gasteiger partial charge in [0.2, 0.25) is 0 Å². The summed E-state index contributed by atoms with van der Waals surface area (Å²) in [5.74, 6) is -3.34. The van der Waals surface area contributed by atoms with Gasteiger partial charge in [-0.1, -0.05) is 35.9 Å². The average Bonchev–Trinajstić information content (AvgIpc) is 2.72. The number of hydrogen-bond acceptors (Lipinski definition) is 5. The van der Waals surface area contributed by atoms with E-state index in [9.17, 15) is 19.5 Å². The lowest BCUT2D eigenvalue weighted by Gasteiger charge is -2.38. The van der Waals surface area contributed by atoms with Gasteiger partial charge in [-0.05, 0) is 35.9 Å². The molecule has 0 radical (unpaired) electrons. The standard InChI is InChI=1S/C21H15ClN2O5/c1-29-21(28)17-13(11-6-8-12(22)9-7-11)10-16(20(26)27)24-15-5-3-2-4-14(15)23-19(25)18(17)24/h2-10,13H,1H3,(H,23,25)(H,26,27). The number of nitrogens with one attached hydrogen (secondary N) is 1. The van der Waals surface area contributed by atoms with Crippen molar-refractivity contribution in [3.8, 4) is 0 Å². The van der Waals surface area contributed by atoms with Crippen molar-refractivity contribution in [3.63, 3.8) is 0 Å². The van der Waals surface area contributed by atoms with E-state index in [1.165, 1.54) is 18.1 Å². The van der Waals surface area contributed by atoms with Gasteiger partial charge in [0.15, 0.2) is 0 Å². The number of rotatable bonds is 3. The molecule has 2 heterocycles. The molecule has 2 aromatic carbocycles. The van der Waals surface area contributed by atoms with Gasteiger partial charge in [-0.2, -0.15) is 0 Å². The lowest BCUT2D eigenvalue weighted by Crippen LogP contribution is -2.43. The highest BCUT2D eigenvalue weighted by atomic mass is 35.5. The molecule has 146 valence electrons. The van der Waals surface area contributed by atoms with Crippen LogP contribution in [-0.2, 0) is 19.1 Å². The van der Waals surface area contributed by atoms with Crippen LogP contribution < -0.4 is 10.2 Å². The van der Waals surface area contributed by atoms with E-state index in [0.717, 1.165) is 0 Å². The van der Waals surface area contributed by atoms with E-state index < -0.39 is 23.8 Å². The van der Waals surface area contributed by atoms with E-state index in [1.807, 2.05) is 0 Å². The Morgan fingerprint density at radius 3 is 2.48 bits per heavy atom. The van der Waals surface area contributed by atoms with E-state index in [1.54, 1.807) is 48.5 Å². The number of benzene rings is 2. The fourth-order valence-corrected chi connectivity index (χ4v) is 3.69. The number of para-hydroxylation sites is 2. The number of allylic oxidation sites excluding steroid dienone is 1. The lowest BCUT2D eigenvalue weighted by molar-refractivity contribution is -0.137. The molecule has 0 aliphatic carbocycles. The first-order valence-electron chi connectivity index (χ1n) is 8.66. The maximum atomic E-state index is 13.0. The Kier molecular flexibility index (Phi) is 4.60. The highest BCUT2D eigenvalue weighted by Gasteiger charge is 2.43. The quantitative estimate of drug-likeness (QED) is 0.754. The molecule has 0 saturated heterocycles. The number of methoxy groups -OCH3 is 1. The summed E-state index contributed by atoms with van der Waals surface area (Å²) in [7, 11) is 1.21. The van der Waals surface area contributed by atoms with Crippen LogP contribution in [0.2, 0.25) is 5.02 Å². The third kappa shape index (κ3) is 3.05. The summed E-state index contributed by atoms with van der Waals surface area (Å²) in [5, 5.41) is 13.1. The molecule has 1 unspecified atom stereocenters. The molecule has 0 fully saturated rings. The van der Waals surface area contributed by atoms with E-state index in [4.69, 9.17) is 16.3 Å². The number of carboxylic acids is 1. The average molecular weight is 411 g/mol. The molecule has 0 aromatic heterocycles. The predicted molar refractivity (Wildman–Crippen MR) is 107 cm³/mol. The van der Waals surface area contributed by atoms with E-state index in [2.05, 4.69) is 5.32 Å². The van der Waals surface area contributed by atoms with Crippen LogP contribution in [0.15, 0.2) is 71.6 Å². The summed E-state index contributed by atoms with van der Waals surface area (Å²) in [6.07, 6.45) is 1.44. The molecule has 2 N–H and O–H groups in total. The number of aliphatic carboxylic acids is 1. The minimum absolute atomic E-state index is 0.0480. The topological polar surface area (TPSA) is 95.9 Å². The molecule has 7 nitrogen and oxygen atoms in total. The van der Waals surface area contributed by atoms with Crippen LogP contribution in [0.5, 0.6) is 0 Å². The van der Waals surface area contributed by atoms with E-state index >= 15 is 0 Å². The molecular weight excluding hydrogens is 396 g/mol. The zero-order chi connectivity index (χ0) is 20.7. The Labute approximate surface area is 170 Å². The Bertz CT molecular complexity index is 1100. The smallest absolute Gasteiger partial charge is 0.352 e. The highest BCUT2D eigenvalue weighted by Crippen LogP contribution is 2.44. The van der Waals surface area contributed by atoms with Crippen LogP contribution in [0.1, 0.15) is 11.5 Å². The van der Waals surface area contributed by atoms with Crippen molar-refractivity contribution in [2.45, 2.75) is 5.92 Å². The third-order valence-corrected chi connectivity index (χ3v) is 5.07. The molecule has 2 aliphatic rings. The monoisotopic (exact) mass is 410 g/mol. The number of hydrogen-bond donors (Lipinski definition) is 2. The van der Waals surface area contributed by atoms with Gasteiger partial charge in [0, 0.05) is 10.9 Å². The molecular formula is C21H15ClN2O5. The number of carboxylic acid groups (broad SMARTS) is 1. The number of amides is 1. The Hall–Kier alpha value is -3.58. The SMILES string of the molecule is COC(=O)C1=C2C(=O)Nc3ccccc3N2C(C(=O)O)=CC1c1ccc(Cl)cc1. The first-order chi connectivity index (χ1) is 13.9. The fraction of sp³-hybridized carbons (Fsp3) is 0.0952. The number of carbonyl (C=O) groups excluding carboxylic acids is 2. The van der Waals surface area contributed by atoms with Crippen LogP contribution in [0.4, 0.5) is 11.4 Å². The van der Waals surface area contributed by atoms with Crippen molar-refractivity contribution in [1.29, 1.82) is 0 Å². The van der Waals surface area contributed by atoms with E-state index in [0.29, 0.717) is 22.0 Å². The summed E-state index contributed by atoms with van der Waals surface area (Å²) in [6.45, 7) is 0. The number of anilines is 2. The van der Waals surface area contributed by atoms with Crippen LogP contribution in [0.25, 0.3) is 0 Å². The predicted octanol–water partition coefficient (Wildman–Crippen LogP) is 3.29. The second kappa shape index (κ2) is 7.10. The summed E-state index contributed by atoms with van der Waals surface area (Å²) in [4.78, 5) is 39.1. The van der Waals surface area contributed by atoms with Gasteiger partial charge in [-0.15, -0.1) is 0 Å². The number of nitrogens with zero attached hydrogens (tertiary/aromatic N) is 1. The molecule has 1 atom stereocenters. The molecule has 2 aliphatic heterocycles. The lowest BCUT2D eigenvalue weighted by atomic mass is 9.84. The van der Waals surface area contributed by atoms with Crippen molar-refractivity contribution in [1.82, 2.24) is 0 Å². The number of esters is 1. The normalized spacial score (nSPS) is 17.7. The van der Waals surface area contributed by atoms with Gasteiger partial charge in [0.25, 0.3) is 5.91 Å². The molecule has 0 spiro atoms. The van der Waals surface area contributed by atoms with Gasteiger partial charge < -0.3 is 15.2 Å². The molecule has 0 bridgehead atoms.